The highest BCUT2D eigenvalue weighted by Gasteiger charge is 2.22. The van der Waals surface area contributed by atoms with E-state index in [9.17, 15) is 4.79 Å². The zero-order chi connectivity index (χ0) is 20.0. The summed E-state index contributed by atoms with van der Waals surface area (Å²) in [4.78, 5) is 12.9. The molecule has 0 aliphatic carbocycles. The summed E-state index contributed by atoms with van der Waals surface area (Å²) in [5.41, 5.74) is 1.57. The van der Waals surface area contributed by atoms with Gasteiger partial charge in [-0.2, -0.15) is 0 Å². The molecule has 0 unspecified atom stereocenters. The van der Waals surface area contributed by atoms with E-state index in [1.54, 1.807) is 18.4 Å². The second-order valence-corrected chi connectivity index (χ2v) is 6.53. The Hall–Kier alpha value is -3.06. The van der Waals surface area contributed by atoms with Crippen LogP contribution in [-0.4, -0.2) is 12.6 Å². The lowest BCUT2D eigenvalue weighted by Gasteiger charge is -2.13. The molecule has 4 nitrogen and oxygen atoms in total. The lowest BCUT2D eigenvalue weighted by molar-refractivity contribution is -0.136. The van der Waals surface area contributed by atoms with Crippen LogP contribution in [-0.2, 0) is 14.3 Å². The van der Waals surface area contributed by atoms with Crippen molar-refractivity contribution in [1.82, 2.24) is 0 Å². The monoisotopic (exact) mass is 377 g/mol. The van der Waals surface area contributed by atoms with Gasteiger partial charge in [0.2, 0.25) is 0 Å². The molecule has 0 saturated carbocycles. The number of ether oxygens (including phenoxy) is 2. The molecule has 146 valence electrons. The number of nitrogens with zero attached hydrogens (tertiary/aromatic N) is 1. The van der Waals surface area contributed by atoms with Crippen LogP contribution in [0.5, 0.6) is 0 Å². The van der Waals surface area contributed by atoms with Crippen molar-refractivity contribution in [1.29, 1.82) is 5.26 Å². The molecule has 0 spiro atoms. The summed E-state index contributed by atoms with van der Waals surface area (Å²) < 4.78 is 10.7. The first kappa shape index (κ1) is 21.2. The Labute approximate surface area is 167 Å². The van der Waals surface area contributed by atoms with Gasteiger partial charge in [0.25, 0.3) is 6.26 Å². The number of carbonyl (C=O) groups excluding carboxylic acids is 1. The Morgan fingerprint density at radius 3 is 2.04 bits per heavy atom. The van der Waals surface area contributed by atoms with Gasteiger partial charge in [-0.3, -0.25) is 0 Å². The van der Waals surface area contributed by atoms with Gasteiger partial charge in [0, 0.05) is 5.56 Å². The first-order valence-corrected chi connectivity index (χ1v) is 9.86. The van der Waals surface area contributed by atoms with Crippen molar-refractivity contribution in [2.24, 2.45) is 0 Å². The fourth-order valence-corrected chi connectivity index (χ4v) is 2.96. The fraction of sp³-hybridized carbons (Fsp3) is 0.333. The predicted octanol–water partition coefficient (Wildman–Crippen LogP) is 5.96. The summed E-state index contributed by atoms with van der Waals surface area (Å²) in [6.45, 7) is 2.54. The predicted molar refractivity (Wildman–Crippen MR) is 111 cm³/mol. The molecule has 0 aliphatic heterocycles. The SMILES string of the molecule is CCCCCCCCOC(=O)C(=C(OC#N)c1ccccc1)c1ccccc1. The highest BCUT2D eigenvalue weighted by Crippen LogP contribution is 2.28. The molecule has 0 bridgehead atoms. The van der Waals surface area contributed by atoms with Gasteiger partial charge in [-0.15, -0.1) is 5.26 Å². The minimum absolute atomic E-state index is 0.210. The Morgan fingerprint density at radius 1 is 0.857 bits per heavy atom. The van der Waals surface area contributed by atoms with Gasteiger partial charge < -0.3 is 9.47 Å². The van der Waals surface area contributed by atoms with E-state index in [0.717, 1.165) is 19.3 Å². The van der Waals surface area contributed by atoms with Crippen molar-refractivity contribution in [3.63, 3.8) is 0 Å². The van der Waals surface area contributed by atoms with Crippen molar-refractivity contribution < 1.29 is 14.3 Å². The molecule has 0 saturated heterocycles. The fourth-order valence-electron chi connectivity index (χ4n) is 2.96. The largest absolute Gasteiger partial charge is 0.462 e. The summed E-state index contributed by atoms with van der Waals surface area (Å²) in [5.74, 6) is -0.267. The average molecular weight is 377 g/mol. The average Bonchev–Trinajstić information content (AvgIpc) is 2.74. The third kappa shape index (κ3) is 6.59. The zero-order valence-corrected chi connectivity index (χ0v) is 16.4. The van der Waals surface area contributed by atoms with E-state index in [-0.39, 0.29) is 11.3 Å². The lowest BCUT2D eigenvalue weighted by atomic mass is 10.0. The molecule has 0 atom stereocenters. The number of benzene rings is 2. The summed E-state index contributed by atoms with van der Waals surface area (Å²) in [6.07, 6.45) is 8.39. The summed E-state index contributed by atoms with van der Waals surface area (Å²) >= 11 is 0. The number of hydrogen-bond donors (Lipinski definition) is 0. The highest BCUT2D eigenvalue weighted by molar-refractivity contribution is 6.23. The Morgan fingerprint density at radius 2 is 1.43 bits per heavy atom. The van der Waals surface area contributed by atoms with Gasteiger partial charge in [-0.1, -0.05) is 99.7 Å². The first-order chi connectivity index (χ1) is 13.8. The highest BCUT2D eigenvalue weighted by atomic mass is 16.5. The van der Waals surface area contributed by atoms with Crippen LogP contribution in [0.1, 0.15) is 56.6 Å². The molecule has 2 aromatic rings. The van der Waals surface area contributed by atoms with Crippen molar-refractivity contribution in [3.8, 4) is 6.26 Å². The number of rotatable bonds is 11. The van der Waals surface area contributed by atoms with Gasteiger partial charge in [0.1, 0.15) is 5.57 Å². The third-order valence-corrected chi connectivity index (χ3v) is 4.41. The molecule has 0 N–H and O–H groups in total. The maximum atomic E-state index is 12.9. The van der Waals surface area contributed by atoms with Gasteiger partial charge >= 0.3 is 5.97 Å². The van der Waals surface area contributed by atoms with Crippen molar-refractivity contribution in [2.45, 2.75) is 45.4 Å². The molecule has 0 aromatic heterocycles. The Balaban J connectivity index is 2.20. The van der Waals surface area contributed by atoms with Crippen LogP contribution in [0, 0.1) is 11.5 Å². The quantitative estimate of drug-likeness (QED) is 0.121. The Kier molecular flexibility index (Phi) is 9.37. The number of carbonyl (C=O) groups is 1. The minimum atomic E-state index is -0.478. The zero-order valence-electron chi connectivity index (χ0n) is 16.4. The first-order valence-electron chi connectivity index (χ1n) is 9.86. The number of hydrogen-bond acceptors (Lipinski definition) is 4. The molecule has 0 fully saturated rings. The molecule has 4 heteroatoms. The molecule has 0 aliphatic rings. The molecular weight excluding hydrogens is 350 g/mol. The van der Waals surface area contributed by atoms with Crippen LogP contribution in [0.3, 0.4) is 0 Å². The molecule has 0 amide bonds. The van der Waals surface area contributed by atoms with E-state index >= 15 is 0 Å². The number of nitriles is 1. The van der Waals surface area contributed by atoms with Crippen molar-refractivity contribution >= 4 is 17.3 Å². The van der Waals surface area contributed by atoms with Crippen LogP contribution >= 0.6 is 0 Å². The van der Waals surface area contributed by atoms with Crippen molar-refractivity contribution in [3.05, 3.63) is 71.8 Å². The summed E-state index contributed by atoms with van der Waals surface area (Å²) in [5, 5.41) is 9.13. The van der Waals surface area contributed by atoms with Crippen molar-refractivity contribution in [2.75, 3.05) is 6.61 Å². The van der Waals surface area contributed by atoms with Gasteiger partial charge in [-0.05, 0) is 12.0 Å². The number of unbranched alkanes of at least 4 members (excludes halogenated alkanes) is 5. The standard InChI is InChI=1S/C24H27NO3/c1-2-3-4-5-6-13-18-27-24(26)22(20-14-9-7-10-15-20)23(28-19-25)21-16-11-8-12-17-21/h7-12,14-17H,2-6,13,18H2,1H3. The van der Waals surface area contributed by atoms with E-state index in [2.05, 4.69) is 6.92 Å². The van der Waals surface area contributed by atoms with E-state index < -0.39 is 5.97 Å². The van der Waals surface area contributed by atoms with Crippen LogP contribution in [0.2, 0.25) is 0 Å². The maximum absolute atomic E-state index is 12.9. The molecular formula is C24H27NO3. The van der Waals surface area contributed by atoms with E-state index in [1.807, 2.05) is 48.5 Å². The second-order valence-electron chi connectivity index (χ2n) is 6.53. The van der Waals surface area contributed by atoms with Gasteiger partial charge in [-0.25, -0.2) is 4.79 Å². The molecule has 0 heterocycles. The smallest absolute Gasteiger partial charge is 0.342 e. The second kappa shape index (κ2) is 12.3. The topological polar surface area (TPSA) is 59.3 Å². The van der Waals surface area contributed by atoms with Crippen LogP contribution in [0.4, 0.5) is 0 Å². The Bertz CT molecular complexity index is 792. The van der Waals surface area contributed by atoms with Crippen LogP contribution in [0.25, 0.3) is 11.3 Å². The maximum Gasteiger partial charge on any atom is 0.342 e. The van der Waals surface area contributed by atoms with Gasteiger partial charge in [0.15, 0.2) is 5.76 Å². The van der Waals surface area contributed by atoms with E-state index in [0.29, 0.717) is 17.7 Å². The summed E-state index contributed by atoms with van der Waals surface area (Å²) in [7, 11) is 0. The summed E-state index contributed by atoms with van der Waals surface area (Å²) in [6, 6.07) is 18.3. The lowest BCUT2D eigenvalue weighted by Crippen LogP contribution is -2.11. The van der Waals surface area contributed by atoms with Crippen LogP contribution < -0.4 is 0 Å². The van der Waals surface area contributed by atoms with E-state index in [1.165, 1.54) is 19.3 Å². The molecule has 28 heavy (non-hydrogen) atoms. The van der Waals surface area contributed by atoms with Crippen LogP contribution in [0.15, 0.2) is 60.7 Å². The third-order valence-electron chi connectivity index (χ3n) is 4.41. The normalized spacial score (nSPS) is 11.3. The van der Waals surface area contributed by atoms with Gasteiger partial charge in [0.05, 0.1) is 6.61 Å². The number of esters is 1. The molecule has 2 rings (SSSR count). The van der Waals surface area contributed by atoms with E-state index in [4.69, 9.17) is 14.7 Å². The molecule has 2 aromatic carbocycles. The molecule has 0 radical (unpaired) electrons. The minimum Gasteiger partial charge on any atom is -0.462 e.